The van der Waals surface area contributed by atoms with Gasteiger partial charge in [-0.25, -0.2) is 5.43 Å². The highest BCUT2D eigenvalue weighted by Crippen LogP contribution is 2.10. The Morgan fingerprint density at radius 1 is 1.14 bits per heavy atom. The van der Waals surface area contributed by atoms with Crippen LogP contribution in [0.1, 0.15) is 44.0 Å². The first kappa shape index (κ1) is 15.9. The number of nitrogens with zero attached hydrogens (tertiary/aromatic N) is 4. The number of unbranched alkanes of at least 4 members (excludes halogenated alkanes) is 2. The van der Waals surface area contributed by atoms with Crippen molar-refractivity contribution >= 4 is 17.6 Å². The maximum atomic E-state index is 5.62. The zero-order valence-electron chi connectivity index (χ0n) is 13.1. The van der Waals surface area contributed by atoms with Gasteiger partial charge in [-0.1, -0.05) is 50.1 Å². The molecule has 0 fully saturated rings. The Bertz CT molecular complexity index is 604. The third-order valence-corrected chi connectivity index (χ3v) is 3.18. The molecule has 0 amide bonds. The Morgan fingerprint density at radius 3 is 2.59 bits per heavy atom. The van der Waals surface area contributed by atoms with Crippen molar-refractivity contribution in [1.82, 2.24) is 15.0 Å². The molecule has 1 heterocycles. The van der Waals surface area contributed by atoms with Crippen LogP contribution in [0.4, 0.5) is 11.9 Å². The van der Waals surface area contributed by atoms with Gasteiger partial charge in [0.05, 0.1) is 5.71 Å². The molecule has 6 nitrogen and oxygen atoms in total. The lowest BCUT2D eigenvalue weighted by Gasteiger charge is -2.07. The van der Waals surface area contributed by atoms with Crippen LogP contribution < -0.4 is 11.2 Å². The maximum Gasteiger partial charge on any atom is 0.248 e. The summed E-state index contributed by atoms with van der Waals surface area (Å²) in [5, 5.41) is 4.48. The third-order valence-electron chi connectivity index (χ3n) is 3.18. The molecule has 0 spiro atoms. The fourth-order valence-electron chi connectivity index (χ4n) is 2.11. The van der Waals surface area contributed by atoms with E-state index in [1.54, 1.807) is 6.92 Å². The Kier molecular flexibility index (Phi) is 5.82. The molecule has 0 aliphatic rings. The van der Waals surface area contributed by atoms with Gasteiger partial charge in [-0.2, -0.15) is 20.1 Å². The highest BCUT2D eigenvalue weighted by Gasteiger charge is 2.05. The summed E-state index contributed by atoms with van der Waals surface area (Å²) < 4.78 is 0. The number of hydrazone groups is 1. The molecule has 22 heavy (non-hydrogen) atoms. The summed E-state index contributed by atoms with van der Waals surface area (Å²) in [6.07, 6.45) is 4.37. The number of hydrogen-bond acceptors (Lipinski definition) is 6. The van der Waals surface area contributed by atoms with Gasteiger partial charge in [0.15, 0.2) is 0 Å². The largest absolute Gasteiger partial charge is 0.368 e. The Labute approximate surface area is 130 Å². The minimum atomic E-state index is 0.192. The van der Waals surface area contributed by atoms with Gasteiger partial charge < -0.3 is 5.73 Å². The summed E-state index contributed by atoms with van der Waals surface area (Å²) in [6, 6.07) is 10.1. The molecule has 6 heteroatoms. The van der Waals surface area contributed by atoms with Crippen molar-refractivity contribution in [3.8, 4) is 0 Å². The second-order valence-electron chi connectivity index (χ2n) is 5.06. The maximum absolute atomic E-state index is 5.62. The van der Waals surface area contributed by atoms with Crippen LogP contribution in [-0.4, -0.2) is 20.7 Å². The van der Waals surface area contributed by atoms with Crippen molar-refractivity contribution in [1.29, 1.82) is 0 Å². The number of benzene rings is 1. The molecular formula is C16H22N6. The summed E-state index contributed by atoms with van der Waals surface area (Å²) in [7, 11) is 0. The van der Waals surface area contributed by atoms with Gasteiger partial charge in [0.25, 0.3) is 0 Å². The summed E-state index contributed by atoms with van der Waals surface area (Å²) in [4.78, 5) is 12.2. The fraction of sp³-hybridized carbons (Fsp3) is 0.375. The van der Waals surface area contributed by atoms with Crippen LogP contribution in [0.5, 0.6) is 0 Å². The molecule has 1 aromatic carbocycles. The number of aryl methyl sites for hydroxylation is 1. The molecule has 0 atom stereocenters. The highest BCUT2D eigenvalue weighted by atomic mass is 15.4. The number of nitrogens with one attached hydrogen (secondary N) is 1. The molecule has 1 aromatic heterocycles. The lowest BCUT2D eigenvalue weighted by atomic mass is 10.0. The number of nitrogens with two attached hydrogens (primary N) is 1. The summed E-state index contributed by atoms with van der Waals surface area (Å²) in [6.45, 7) is 3.96. The number of rotatable bonds is 7. The third kappa shape index (κ3) is 4.80. The molecular weight excluding hydrogens is 276 g/mol. The van der Waals surface area contributed by atoms with Crippen LogP contribution in [0.3, 0.4) is 0 Å². The minimum absolute atomic E-state index is 0.192. The molecule has 2 aromatic rings. The Balaban J connectivity index is 2.16. The van der Waals surface area contributed by atoms with Gasteiger partial charge >= 0.3 is 0 Å². The van der Waals surface area contributed by atoms with Crippen molar-refractivity contribution in [2.75, 3.05) is 11.2 Å². The lowest BCUT2D eigenvalue weighted by molar-refractivity contribution is 0.741. The zero-order valence-corrected chi connectivity index (χ0v) is 13.1. The van der Waals surface area contributed by atoms with Gasteiger partial charge in [0.1, 0.15) is 5.82 Å². The van der Waals surface area contributed by atoms with Crippen molar-refractivity contribution in [2.45, 2.75) is 39.5 Å². The van der Waals surface area contributed by atoms with Gasteiger partial charge in [0, 0.05) is 0 Å². The number of hydrogen-bond donors (Lipinski definition) is 2. The predicted molar refractivity (Wildman–Crippen MR) is 89.7 cm³/mol. The quantitative estimate of drug-likeness (QED) is 0.465. The van der Waals surface area contributed by atoms with Gasteiger partial charge in [-0.15, -0.1) is 0 Å². The van der Waals surface area contributed by atoms with E-state index in [0.29, 0.717) is 11.8 Å². The number of anilines is 2. The van der Waals surface area contributed by atoms with E-state index in [0.717, 1.165) is 24.1 Å². The van der Waals surface area contributed by atoms with Crippen molar-refractivity contribution in [2.24, 2.45) is 5.10 Å². The first-order valence-corrected chi connectivity index (χ1v) is 7.55. The number of aromatic nitrogens is 3. The van der Waals surface area contributed by atoms with Crippen molar-refractivity contribution in [3.63, 3.8) is 0 Å². The molecule has 2 rings (SSSR count). The van der Waals surface area contributed by atoms with E-state index in [1.807, 2.05) is 18.2 Å². The molecule has 116 valence electrons. The van der Waals surface area contributed by atoms with Crippen LogP contribution in [0.25, 0.3) is 0 Å². The van der Waals surface area contributed by atoms with Gasteiger partial charge in [-0.05, 0) is 25.3 Å². The van der Waals surface area contributed by atoms with Crippen LogP contribution in [0.2, 0.25) is 0 Å². The molecule has 0 aliphatic heterocycles. The molecule has 0 bridgehead atoms. The van der Waals surface area contributed by atoms with Crippen molar-refractivity contribution < 1.29 is 0 Å². The second kappa shape index (κ2) is 8.07. The Hall–Kier alpha value is -2.50. The first-order chi connectivity index (χ1) is 10.7. The predicted octanol–water partition coefficient (Wildman–Crippen LogP) is 3.16. The summed E-state index contributed by atoms with van der Waals surface area (Å²) >= 11 is 0. The summed E-state index contributed by atoms with van der Waals surface area (Å²) in [5.74, 6) is 1.13. The standard InChI is InChI=1S/C16H22N6/c1-3-4-6-11-14(13-9-7-5-8-10-13)21-22-16-19-12(2)18-15(17)20-16/h5,7-10H,3-4,6,11H2,1-2H3,(H3,17,18,19,20,22). The van der Waals surface area contributed by atoms with Crippen LogP contribution >= 0.6 is 0 Å². The number of nitrogen functional groups attached to an aromatic ring is 1. The molecule has 0 radical (unpaired) electrons. The van der Waals surface area contributed by atoms with E-state index >= 15 is 0 Å². The Morgan fingerprint density at radius 2 is 1.91 bits per heavy atom. The van der Waals surface area contributed by atoms with E-state index in [1.165, 1.54) is 12.8 Å². The lowest BCUT2D eigenvalue weighted by Crippen LogP contribution is -2.08. The average molecular weight is 298 g/mol. The first-order valence-electron chi connectivity index (χ1n) is 7.55. The van der Waals surface area contributed by atoms with E-state index in [-0.39, 0.29) is 5.95 Å². The van der Waals surface area contributed by atoms with Crippen molar-refractivity contribution in [3.05, 3.63) is 41.7 Å². The average Bonchev–Trinajstić information content (AvgIpc) is 2.50. The summed E-state index contributed by atoms with van der Waals surface area (Å²) in [5.41, 5.74) is 10.6. The molecule has 3 N–H and O–H groups in total. The minimum Gasteiger partial charge on any atom is -0.368 e. The molecule has 0 unspecified atom stereocenters. The van der Waals surface area contributed by atoms with Gasteiger partial charge in [-0.3, -0.25) is 0 Å². The topological polar surface area (TPSA) is 89.1 Å². The smallest absolute Gasteiger partial charge is 0.248 e. The fourth-order valence-corrected chi connectivity index (χ4v) is 2.11. The van der Waals surface area contributed by atoms with E-state index < -0.39 is 0 Å². The van der Waals surface area contributed by atoms with E-state index in [2.05, 4.69) is 44.5 Å². The van der Waals surface area contributed by atoms with Gasteiger partial charge in [0.2, 0.25) is 11.9 Å². The SMILES string of the molecule is CCCCCC(=NNc1nc(C)nc(N)n1)c1ccccc1. The normalized spacial score (nSPS) is 11.5. The highest BCUT2D eigenvalue weighted by molar-refractivity contribution is 6.00. The second-order valence-corrected chi connectivity index (χ2v) is 5.06. The molecule has 0 saturated heterocycles. The molecule has 0 aliphatic carbocycles. The van der Waals surface area contributed by atoms with Crippen LogP contribution in [-0.2, 0) is 0 Å². The van der Waals surface area contributed by atoms with Crippen LogP contribution in [0.15, 0.2) is 35.4 Å². The van der Waals surface area contributed by atoms with E-state index in [4.69, 9.17) is 5.73 Å². The van der Waals surface area contributed by atoms with Crippen LogP contribution in [0, 0.1) is 6.92 Å². The zero-order chi connectivity index (χ0) is 15.8. The van der Waals surface area contributed by atoms with E-state index in [9.17, 15) is 0 Å². The molecule has 0 saturated carbocycles. The monoisotopic (exact) mass is 298 g/mol.